The molecule has 1 aliphatic heterocycles. The van der Waals surface area contributed by atoms with E-state index in [0.29, 0.717) is 16.8 Å². The van der Waals surface area contributed by atoms with Crippen LogP contribution in [0.1, 0.15) is 29.0 Å². The number of nitrogens with zero attached hydrogens (tertiary/aromatic N) is 4. The van der Waals surface area contributed by atoms with Crippen molar-refractivity contribution in [1.29, 1.82) is 0 Å². The van der Waals surface area contributed by atoms with Gasteiger partial charge in [0, 0.05) is 49.0 Å². The van der Waals surface area contributed by atoms with Crippen LogP contribution in [0.3, 0.4) is 0 Å². The van der Waals surface area contributed by atoms with Crippen molar-refractivity contribution in [1.82, 2.24) is 24.8 Å². The number of imidazole rings is 1. The monoisotopic (exact) mass is 485 g/mol. The lowest BCUT2D eigenvalue weighted by atomic mass is 10.0. The minimum atomic E-state index is -0.313. The number of benzene rings is 2. The number of carbonyl (C=O) groups is 1. The lowest BCUT2D eigenvalue weighted by Crippen LogP contribution is -2.44. The van der Waals surface area contributed by atoms with Crippen LogP contribution in [-0.4, -0.2) is 51.6 Å². The highest BCUT2D eigenvalue weighted by Gasteiger charge is 2.22. The van der Waals surface area contributed by atoms with Crippen LogP contribution >= 0.6 is 0 Å². The third-order valence-corrected chi connectivity index (χ3v) is 6.50. The summed E-state index contributed by atoms with van der Waals surface area (Å²) in [4.78, 5) is 24.0. The zero-order valence-electron chi connectivity index (χ0n) is 20.1. The molecule has 2 aromatic heterocycles. The van der Waals surface area contributed by atoms with Gasteiger partial charge in [-0.3, -0.25) is 14.7 Å². The van der Waals surface area contributed by atoms with Gasteiger partial charge in [-0.25, -0.2) is 9.37 Å². The van der Waals surface area contributed by atoms with Gasteiger partial charge in [0.05, 0.1) is 24.9 Å². The number of rotatable bonds is 7. The Morgan fingerprint density at radius 1 is 1.08 bits per heavy atom. The molecule has 5 rings (SSSR count). The molecule has 0 atom stereocenters. The molecule has 184 valence electrons. The Balaban J connectivity index is 1.14. The summed E-state index contributed by atoms with van der Waals surface area (Å²) in [5.74, 6) is 1.35. The van der Waals surface area contributed by atoms with Crippen molar-refractivity contribution in [2.24, 2.45) is 0 Å². The number of pyridine rings is 1. The molecule has 3 heterocycles. The van der Waals surface area contributed by atoms with E-state index >= 15 is 0 Å². The summed E-state index contributed by atoms with van der Waals surface area (Å²) >= 11 is 0. The number of halogens is 1. The summed E-state index contributed by atoms with van der Waals surface area (Å²) in [7, 11) is 1.66. The first-order valence-electron chi connectivity index (χ1n) is 12.0. The maximum atomic E-state index is 13.5. The second kappa shape index (κ2) is 10.7. The Kier molecular flexibility index (Phi) is 7.04. The van der Waals surface area contributed by atoms with Crippen LogP contribution in [-0.2, 0) is 6.54 Å². The highest BCUT2D eigenvalue weighted by molar-refractivity contribution is 5.94. The van der Waals surface area contributed by atoms with Crippen molar-refractivity contribution in [2.75, 3.05) is 20.2 Å². The van der Waals surface area contributed by atoms with E-state index in [1.54, 1.807) is 37.6 Å². The Bertz CT molecular complexity index is 1310. The number of carbonyl (C=O) groups excluding carboxylic acids is 1. The van der Waals surface area contributed by atoms with Crippen LogP contribution in [0, 0.1) is 5.82 Å². The first-order chi connectivity index (χ1) is 17.6. The zero-order valence-corrected chi connectivity index (χ0v) is 20.1. The van der Waals surface area contributed by atoms with Gasteiger partial charge >= 0.3 is 0 Å². The Morgan fingerprint density at radius 3 is 2.58 bits per heavy atom. The Hall–Kier alpha value is -4.04. The number of nitrogens with one attached hydrogen (secondary N) is 1. The maximum Gasteiger partial charge on any atom is 0.253 e. The zero-order chi connectivity index (χ0) is 24.9. The third kappa shape index (κ3) is 5.44. The first-order valence-corrected chi connectivity index (χ1v) is 12.0. The molecule has 7 nitrogen and oxygen atoms in total. The van der Waals surface area contributed by atoms with Crippen molar-refractivity contribution in [3.8, 4) is 22.7 Å². The fourth-order valence-electron chi connectivity index (χ4n) is 4.48. The number of methoxy groups -OCH3 is 1. The minimum Gasteiger partial charge on any atom is -0.497 e. The van der Waals surface area contributed by atoms with Crippen molar-refractivity contribution in [3.63, 3.8) is 0 Å². The molecular formula is C28H28FN5O2. The number of ether oxygens (including phenoxy) is 1. The quantitative estimate of drug-likeness (QED) is 0.418. The molecule has 0 bridgehead atoms. The molecule has 0 spiro atoms. The van der Waals surface area contributed by atoms with E-state index in [-0.39, 0.29) is 17.8 Å². The van der Waals surface area contributed by atoms with Gasteiger partial charge in [0.15, 0.2) is 0 Å². The van der Waals surface area contributed by atoms with E-state index in [9.17, 15) is 9.18 Å². The predicted molar refractivity (Wildman–Crippen MR) is 136 cm³/mol. The molecule has 1 fully saturated rings. The summed E-state index contributed by atoms with van der Waals surface area (Å²) in [6, 6.07) is 17.8. The Labute approximate surface area is 209 Å². The highest BCUT2D eigenvalue weighted by atomic mass is 19.1. The SMILES string of the molecule is COc1ccc(-n2ccnc2CN2CCC(NC(=O)c3ccc(-c4cccc(F)c4)nc3)CC2)cc1. The van der Waals surface area contributed by atoms with Crippen LogP contribution in [0.5, 0.6) is 5.75 Å². The predicted octanol–water partition coefficient (Wildman–Crippen LogP) is 4.48. The van der Waals surface area contributed by atoms with Crippen LogP contribution in [0.15, 0.2) is 79.3 Å². The number of aromatic nitrogens is 3. The van der Waals surface area contributed by atoms with E-state index in [1.165, 1.54) is 12.1 Å². The van der Waals surface area contributed by atoms with Crippen molar-refractivity contribution in [3.05, 3.63) is 96.5 Å². The van der Waals surface area contributed by atoms with Gasteiger partial charge in [0.2, 0.25) is 0 Å². The van der Waals surface area contributed by atoms with Crippen molar-refractivity contribution >= 4 is 5.91 Å². The number of hydrogen-bond acceptors (Lipinski definition) is 5. The number of piperidine rings is 1. The van der Waals surface area contributed by atoms with Crippen molar-refractivity contribution in [2.45, 2.75) is 25.4 Å². The highest BCUT2D eigenvalue weighted by Crippen LogP contribution is 2.20. The second-order valence-corrected chi connectivity index (χ2v) is 8.88. The first kappa shape index (κ1) is 23.7. The molecular weight excluding hydrogens is 457 g/mol. The fraction of sp³-hybridized carbons (Fsp3) is 0.250. The molecule has 1 N–H and O–H groups in total. The normalized spacial score (nSPS) is 14.5. The second-order valence-electron chi connectivity index (χ2n) is 8.88. The van der Waals surface area contributed by atoms with Crippen LogP contribution < -0.4 is 10.1 Å². The molecule has 2 aromatic carbocycles. The number of amides is 1. The number of hydrogen-bond donors (Lipinski definition) is 1. The molecule has 1 amide bonds. The molecule has 0 radical (unpaired) electrons. The van der Waals surface area contributed by atoms with Gasteiger partial charge in [-0.1, -0.05) is 12.1 Å². The molecule has 4 aromatic rings. The summed E-state index contributed by atoms with van der Waals surface area (Å²) in [6.07, 6.45) is 7.06. The average Bonchev–Trinajstić information content (AvgIpc) is 3.38. The Morgan fingerprint density at radius 2 is 1.89 bits per heavy atom. The third-order valence-electron chi connectivity index (χ3n) is 6.50. The van der Waals surface area contributed by atoms with Gasteiger partial charge in [0.25, 0.3) is 5.91 Å². The van der Waals surface area contributed by atoms with Gasteiger partial charge in [-0.2, -0.15) is 0 Å². The van der Waals surface area contributed by atoms with Gasteiger partial charge in [-0.15, -0.1) is 0 Å². The van der Waals surface area contributed by atoms with Gasteiger partial charge in [-0.05, 0) is 61.4 Å². The fourth-order valence-corrected chi connectivity index (χ4v) is 4.48. The summed E-state index contributed by atoms with van der Waals surface area (Å²) in [5.41, 5.74) is 2.86. The molecule has 0 aliphatic carbocycles. The average molecular weight is 486 g/mol. The smallest absolute Gasteiger partial charge is 0.253 e. The van der Waals surface area contributed by atoms with Crippen molar-refractivity contribution < 1.29 is 13.9 Å². The lowest BCUT2D eigenvalue weighted by Gasteiger charge is -2.32. The van der Waals surface area contributed by atoms with Crippen LogP contribution in [0.25, 0.3) is 16.9 Å². The minimum absolute atomic E-state index is 0.109. The largest absolute Gasteiger partial charge is 0.497 e. The summed E-state index contributed by atoms with van der Waals surface area (Å²) in [5, 5.41) is 3.13. The summed E-state index contributed by atoms with van der Waals surface area (Å²) < 4.78 is 20.8. The van der Waals surface area contributed by atoms with E-state index in [0.717, 1.165) is 49.7 Å². The van der Waals surface area contributed by atoms with E-state index in [1.807, 2.05) is 36.7 Å². The van der Waals surface area contributed by atoms with E-state index in [4.69, 9.17) is 4.74 Å². The van der Waals surface area contributed by atoms with Crippen LogP contribution in [0.2, 0.25) is 0 Å². The van der Waals surface area contributed by atoms with Crippen LogP contribution in [0.4, 0.5) is 4.39 Å². The van der Waals surface area contributed by atoms with Gasteiger partial charge < -0.3 is 14.6 Å². The van der Waals surface area contributed by atoms with Gasteiger partial charge in [0.1, 0.15) is 17.4 Å². The molecule has 1 saturated heterocycles. The molecule has 36 heavy (non-hydrogen) atoms. The van der Waals surface area contributed by atoms with E-state index < -0.39 is 0 Å². The standard InChI is InChI=1S/C28H28FN5O2/c1-36-25-8-6-24(7-9-25)34-16-13-30-27(34)19-33-14-11-23(12-15-33)32-28(35)21-5-10-26(31-18-21)20-3-2-4-22(29)17-20/h2-10,13,16-18,23H,11-12,14-15,19H2,1H3,(H,32,35). The molecule has 1 aliphatic rings. The molecule has 8 heteroatoms. The molecule has 0 saturated carbocycles. The number of likely N-dealkylation sites (tertiary alicyclic amines) is 1. The van der Waals surface area contributed by atoms with E-state index in [2.05, 4.69) is 24.8 Å². The maximum absolute atomic E-state index is 13.5. The molecule has 0 unspecified atom stereocenters. The summed E-state index contributed by atoms with van der Waals surface area (Å²) in [6.45, 7) is 2.49. The topological polar surface area (TPSA) is 72.3 Å². The lowest BCUT2D eigenvalue weighted by molar-refractivity contribution is 0.0907.